The number of nitriles is 1. The summed E-state index contributed by atoms with van der Waals surface area (Å²) in [6.07, 6.45) is 2.73. The van der Waals surface area contributed by atoms with Crippen LogP contribution in [0.3, 0.4) is 0 Å². The number of carbonyl (C=O) groups is 1. The number of hydrogen-bond acceptors (Lipinski definition) is 5. The van der Waals surface area contributed by atoms with Crippen LogP contribution in [0.5, 0.6) is 5.75 Å². The highest BCUT2D eigenvalue weighted by Gasteiger charge is 2.22. The molecule has 154 valence electrons. The van der Waals surface area contributed by atoms with Crippen LogP contribution in [0.15, 0.2) is 18.2 Å². The molecule has 1 N–H and O–H groups in total. The van der Waals surface area contributed by atoms with Gasteiger partial charge < -0.3 is 19.7 Å². The number of likely N-dealkylation sites (tertiary alicyclic amines) is 1. The Morgan fingerprint density at radius 3 is 2.86 bits per heavy atom. The van der Waals surface area contributed by atoms with Crippen molar-refractivity contribution in [3.63, 3.8) is 0 Å². The second-order valence-corrected chi connectivity index (χ2v) is 8.31. The van der Waals surface area contributed by atoms with Gasteiger partial charge in [0, 0.05) is 19.6 Å². The van der Waals surface area contributed by atoms with Gasteiger partial charge >= 0.3 is 6.09 Å². The first-order valence-corrected chi connectivity index (χ1v) is 10.2. The van der Waals surface area contributed by atoms with E-state index in [0.29, 0.717) is 24.6 Å². The molecule has 0 spiro atoms. The van der Waals surface area contributed by atoms with Crippen molar-refractivity contribution < 1.29 is 14.3 Å². The Morgan fingerprint density at radius 2 is 2.18 bits per heavy atom. The quantitative estimate of drug-likeness (QED) is 0.771. The topological polar surface area (TPSA) is 74.6 Å². The first kappa shape index (κ1) is 22.0. The van der Waals surface area contributed by atoms with Gasteiger partial charge in [0.25, 0.3) is 0 Å². The number of hydrogen-bond donors (Lipinski definition) is 1. The molecule has 1 heterocycles. The average Bonchev–Trinajstić information content (AvgIpc) is 2.65. The number of amides is 1. The average molecular weight is 388 g/mol. The molecule has 1 aliphatic heterocycles. The third kappa shape index (κ3) is 7.40. The molecule has 0 unspecified atom stereocenters. The lowest BCUT2D eigenvalue weighted by molar-refractivity contribution is 0.0507. The molecule has 1 fully saturated rings. The van der Waals surface area contributed by atoms with E-state index in [1.807, 2.05) is 39.8 Å². The zero-order valence-electron chi connectivity index (χ0n) is 17.6. The van der Waals surface area contributed by atoms with E-state index in [-0.39, 0.29) is 6.09 Å². The molecule has 1 amide bonds. The summed E-state index contributed by atoms with van der Waals surface area (Å²) in [5, 5.41) is 12.1. The highest BCUT2D eigenvalue weighted by molar-refractivity contribution is 5.67. The number of alkyl carbamates (subject to hydrolysis) is 1. The van der Waals surface area contributed by atoms with Gasteiger partial charge in [0.05, 0.1) is 18.2 Å². The van der Waals surface area contributed by atoms with Crippen molar-refractivity contribution in [2.75, 3.05) is 32.8 Å². The third-order valence-corrected chi connectivity index (χ3v) is 4.72. The van der Waals surface area contributed by atoms with Gasteiger partial charge in [0.2, 0.25) is 0 Å². The van der Waals surface area contributed by atoms with Crippen LogP contribution in [0.2, 0.25) is 0 Å². The molecule has 0 saturated carbocycles. The number of nitrogens with one attached hydrogen (secondary N) is 1. The Bertz CT molecular complexity index is 691. The second-order valence-electron chi connectivity index (χ2n) is 8.31. The van der Waals surface area contributed by atoms with E-state index in [2.05, 4.69) is 16.3 Å². The van der Waals surface area contributed by atoms with Crippen molar-refractivity contribution in [2.45, 2.75) is 52.6 Å². The SMILES string of the molecule is CCOc1ccc(C#N)cc1CCN1CCC[C@@H](CNC(=O)OC(C)(C)C)C1. The molecule has 2 rings (SSSR count). The van der Waals surface area contributed by atoms with E-state index in [1.165, 1.54) is 0 Å². The van der Waals surface area contributed by atoms with Gasteiger partial charge in [0.15, 0.2) is 0 Å². The second kappa shape index (κ2) is 10.3. The van der Waals surface area contributed by atoms with Gasteiger partial charge in [-0.3, -0.25) is 0 Å². The predicted molar refractivity (Wildman–Crippen MR) is 109 cm³/mol. The van der Waals surface area contributed by atoms with Crippen LogP contribution in [0.25, 0.3) is 0 Å². The molecular weight excluding hydrogens is 354 g/mol. The van der Waals surface area contributed by atoms with Crippen molar-refractivity contribution >= 4 is 6.09 Å². The molecule has 1 atom stereocenters. The first-order valence-electron chi connectivity index (χ1n) is 10.2. The molecule has 0 radical (unpaired) electrons. The molecule has 1 aromatic carbocycles. The summed E-state index contributed by atoms with van der Waals surface area (Å²) < 4.78 is 11.0. The maximum atomic E-state index is 11.9. The fourth-order valence-electron chi connectivity index (χ4n) is 3.48. The van der Waals surface area contributed by atoms with Crippen LogP contribution in [0.1, 0.15) is 51.7 Å². The Labute approximate surface area is 168 Å². The Morgan fingerprint density at radius 1 is 1.39 bits per heavy atom. The molecule has 0 aromatic heterocycles. The lowest BCUT2D eigenvalue weighted by Gasteiger charge is -2.33. The summed E-state index contributed by atoms with van der Waals surface area (Å²) in [6.45, 7) is 11.8. The Kier molecular flexibility index (Phi) is 8.13. The van der Waals surface area contributed by atoms with E-state index in [0.717, 1.165) is 50.2 Å². The summed E-state index contributed by atoms with van der Waals surface area (Å²) in [5.74, 6) is 1.29. The van der Waals surface area contributed by atoms with E-state index < -0.39 is 5.60 Å². The molecule has 0 bridgehead atoms. The normalized spacial score (nSPS) is 17.6. The minimum atomic E-state index is -0.473. The maximum Gasteiger partial charge on any atom is 0.407 e. The molecule has 6 nitrogen and oxygen atoms in total. The summed E-state index contributed by atoms with van der Waals surface area (Å²) in [4.78, 5) is 14.3. The van der Waals surface area contributed by atoms with Gasteiger partial charge in [0.1, 0.15) is 11.4 Å². The fourth-order valence-corrected chi connectivity index (χ4v) is 3.48. The van der Waals surface area contributed by atoms with Gasteiger partial charge in [-0.05, 0) is 83.2 Å². The predicted octanol–water partition coefficient (Wildman–Crippen LogP) is 3.74. The lowest BCUT2D eigenvalue weighted by atomic mass is 9.97. The van der Waals surface area contributed by atoms with Crippen LogP contribution in [-0.4, -0.2) is 49.4 Å². The number of benzene rings is 1. The first-order chi connectivity index (χ1) is 13.3. The molecule has 1 aromatic rings. The molecule has 6 heteroatoms. The van der Waals surface area contributed by atoms with E-state index in [9.17, 15) is 4.79 Å². The summed E-state index contributed by atoms with van der Waals surface area (Å²) in [7, 11) is 0. The van der Waals surface area contributed by atoms with Gasteiger partial charge in [-0.15, -0.1) is 0 Å². The fraction of sp³-hybridized carbons (Fsp3) is 0.636. The van der Waals surface area contributed by atoms with Gasteiger partial charge in [-0.1, -0.05) is 0 Å². The van der Waals surface area contributed by atoms with Crippen LogP contribution in [-0.2, 0) is 11.2 Å². The van der Waals surface area contributed by atoms with Crippen LogP contribution >= 0.6 is 0 Å². The van der Waals surface area contributed by atoms with Crippen molar-refractivity contribution in [1.29, 1.82) is 5.26 Å². The summed E-state index contributed by atoms with van der Waals surface area (Å²) >= 11 is 0. The number of nitrogens with zero attached hydrogens (tertiary/aromatic N) is 2. The molecule has 0 aliphatic carbocycles. The minimum Gasteiger partial charge on any atom is -0.494 e. The van der Waals surface area contributed by atoms with Crippen molar-refractivity contribution in [2.24, 2.45) is 5.92 Å². The van der Waals surface area contributed by atoms with E-state index in [1.54, 1.807) is 6.07 Å². The Hall–Kier alpha value is -2.26. The third-order valence-electron chi connectivity index (χ3n) is 4.72. The van der Waals surface area contributed by atoms with Gasteiger partial charge in [-0.2, -0.15) is 5.26 Å². The standard InChI is InChI=1S/C22H33N3O3/c1-5-27-20-9-8-17(14-23)13-19(20)10-12-25-11-6-7-18(16-25)15-24-21(26)28-22(2,3)4/h8-9,13,18H,5-7,10-12,15-16H2,1-4H3,(H,24,26)/t18-/m0/s1. The molecular formula is C22H33N3O3. The summed E-state index contributed by atoms with van der Waals surface area (Å²) in [6, 6.07) is 7.82. The van der Waals surface area contributed by atoms with Crippen molar-refractivity contribution in [3.8, 4) is 11.8 Å². The number of ether oxygens (including phenoxy) is 2. The highest BCUT2D eigenvalue weighted by atomic mass is 16.6. The molecule has 28 heavy (non-hydrogen) atoms. The minimum absolute atomic E-state index is 0.348. The molecule has 1 aliphatic rings. The number of carbonyl (C=O) groups excluding carboxylic acids is 1. The van der Waals surface area contributed by atoms with Gasteiger partial charge in [-0.25, -0.2) is 4.79 Å². The number of piperidine rings is 1. The zero-order chi connectivity index (χ0) is 20.6. The van der Waals surface area contributed by atoms with Crippen LogP contribution in [0.4, 0.5) is 4.79 Å². The number of rotatable bonds is 7. The maximum absolute atomic E-state index is 11.9. The van der Waals surface area contributed by atoms with E-state index in [4.69, 9.17) is 14.7 Å². The van der Waals surface area contributed by atoms with E-state index >= 15 is 0 Å². The smallest absolute Gasteiger partial charge is 0.407 e. The Balaban J connectivity index is 1.85. The van der Waals surface area contributed by atoms with Crippen molar-refractivity contribution in [1.82, 2.24) is 10.2 Å². The van der Waals surface area contributed by atoms with Crippen molar-refractivity contribution in [3.05, 3.63) is 29.3 Å². The lowest BCUT2D eigenvalue weighted by Crippen LogP contribution is -2.42. The molecule has 1 saturated heterocycles. The van der Waals surface area contributed by atoms with Crippen LogP contribution < -0.4 is 10.1 Å². The monoisotopic (exact) mass is 387 g/mol. The largest absolute Gasteiger partial charge is 0.494 e. The zero-order valence-corrected chi connectivity index (χ0v) is 17.6. The highest BCUT2D eigenvalue weighted by Crippen LogP contribution is 2.22. The summed E-state index contributed by atoms with van der Waals surface area (Å²) in [5.41, 5.74) is 1.27. The van der Waals surface area contributed by atoms with Crippen LogP contribution in [0, 0.1) is 17.2 Å².